The van der Waals surface area contributed by atoms with E-state index in [0.717, 1.165) is 39.0 Å². The fraction of sp³-hybridized carbons (Fsp3) is 0. The lowest BCUT2D eigenvalue weighted by atomic mass is 10.0. The number of hydrogen-bond acceptors (Lipinski definition) is 2. The lowest BCUT2D eigenvalue weighted by Gasteiger charge is -2.11. The molecule has 3 aromatic carbocycles. The number of hydrogen-bond donors (Lipinski definition) is 0. The summed E-state index contributed by atoms with van der Waals surface area (Å²) in [5.74, 6) is 0.896. The van der Waals surface area contributed by atoms with Gasteiger partial charge in [0.1, 0.15) is 5.82 Å². The molecule has 0 amide bonds. The summed E-state index contributed by atoms with van der Waals surface area (Å²) in [6.07, 6.45) is 1.84. The summed E-state index contributed by atoms with van der Waals surface area (Å²) in [5, 5.41) is 3.59. The maximum Gasteiger partial charge on any atom is 0.137 e. The summed E-state index contributed by atoms with van der Waals surface area (Å²) in [6.45, 7) is 0. The van der Waals surface area contributed by atoms with Gasteiger partial charge < -0.3 is 0 Å². The molecule has 3 aromatic heterocycles. The van der Waals surface area contributed by atoms with Crippen molar-refractivity contribution in [1.82, 2.24) is 14.5 Å². The summed E-state index contributed by atoms with van der Waals surface area (Å²) in [7, 11) is 0. The van der Waals surface area contributed by atoms with Gasteiger partial charge in [-0.1, -0.05) is 72.8 Å². The van der Waals surface area contributed by atoms with Gasteiger partial charge in [-0.2, -0.15) is 0 Å². The molecule has 0 saturated carbocycles. The maximum absolute atomic E-state index is 5.11. The van der Waals surface area contributed by atoms with Crippen LogP contribution in [-0.4, -0.2) is 14.5 Å². The fourth-order valence-corrected chi connectivity index (χ4v) is 4.21. The Hall–Kier alpha value is -3.98. The second-order valence-electron chi connectivity index (χ2n) is 7.11. The summed E-state index contributed by atoms with van der Waals surface area (Å²) < 4.78 is 2.24. The van der Waals surface area contributed by atoms with Gasteiger partial charge in [0.15, 0.2) is 0 Å². The minimum Gasteiger partial charge on any atom is -0.292 e. The molecule has 0 fully saturated rings. The molecule has 3 heteroatoms. The van der Waals surface area contributed by atoms with Gasteiger partial charge in [-0.05, 0) is 24.3 Å². The average Bonchev–Trinajstić information content (AvgIpc) is 3.15. The van der Waals surface area contributed by atoms with Gasteiger partial charge in [-0.15, -0.1) is 0 Å². The van der Waals surface area contributed by atoms with E-state index in [1.54, 1.807) is 0 Å². The number of rotatable bonds is 2. The molecular weight excluding hydrogens is 354 g/mol. The van der Waals surface area contributed by atoms with E-state index in [9.17, 15) is 0 Å². The third-order valence-corrected chi connectivity index (χ3v) is 5.43. The SMILES string of the molecule is c1ccc(-c2nc3ccccc3c3c4ccccc4n(-c4ccccn4)c23)cc1. The molecule has 0 saturated heterocycles. The van der Waals surface area contributed by atoms with Gasteiger partial charge >= 0.3 is 0 Å². The van der Waals surface area contributed by atoms with Crippen molar-refractivity contribution < 1.29 is 0 Å². The molecule has 0 spiro atoms. The van der Waals surface area contributed by atoms with E-state index in [4.69, 9.17) is 4.98 Å². The third kappa shape index (κ3) is 2.38. The summed E-state index contributed by atoms with van der Waals surface area (Å²) in [6, 6.07) is 33.3. The molecule has 3 heterocycles. The van der Waals surface area contributed by atoms with Crippen LogP contribution in [0, 0.1) is 0 Å². The van der Waals surface area contributed by atoms with E-state index in [-0.39, 0.29) is 0 Å². The molecule has 3 nitrogen and oxygen atoms in total. The van der Waals surface area contributed by atoms with E-state index in [2.05, 4.69) is 82.3 Å². The van der Waals surface area contributed by atoms with E-state index < -0.39 is 0 Å². The Kier molecular flexibility index (Phi) is 3.47. The van der Waals surface area contributed by atoms with Gasteiger partial charge in [0, 0.05) is 27.9 Å². The van der Waals surface area contributed by atoms with Crippen LogP contribution in [0.3, 0.4) is 0 Å². The van der Waals surface area contributed by atoms with Crippen LogP contribution in [-0.2, 0) is 0 Å². The monoisotopic (exact) mass is 371 g/mol. The van der Waals surface area contributed by atoms with Crippen molar-refractivity contribution in [3.63, 3.8) is 0 Å². The highest BCUT2D eigenvalue weighted by Crippen LogP contribution is 2.40. The number of nitrogens with zero attached hydrogens (tertiary/aromatic N) is 3. The van der Waals surface area contributed by atoms with Crippen molar-refractivity contribution in [1.29, 1.82) is 0 Å². The van der Waals surface area contributed by atoms with Gasteiger partial charge in [-0.25, -0.2) is 9.97 Å². The first-order valence-corrected chi connectivity index (χ1v) is 9.70. The lowest BCUT2D eigenvalue weighted by Crippen LogP contribution is -1.99. The molecule has 0 bridgehead atoms. The van der Waals surface area contributed by atoms with E-state index >= 15 is 0 Å². The Morgan fingerprint density at radius 1 is 0.621 bits per heavy atom. The van der Waals surface area contributed by atoms with E-state index in [0.29, 0.717) is 0 Å². The van der Waals surface area contributed by atoms with Crippen molar-refractivity contribution in [3.05, 3.63) is 103 Å². The van der Waals surface area contributed by atoms with Crippen LogP contribution in [0.2, 0.25) is 0 Å². The standard InChI is InChI=1S/C26H17N3/c1-2-10-18(11-3-1)25-26-24(19-12-4-6-14-21(19)28-25)20-13-5-7-15-22(20)29(26)23-16-8-9-17-27-23/h1-17H. The van der Waals surface area contributed by atoms with Gasteiger partial charge in [0.2, 0.25) is 0 Å². The largest absolute Gasteiger partial charge is 0.292 e. The van der Waals surface area contributed by atoms with Crippen LogP contribution in [0.25, 0.3) is 49.8 Å². The predicted molar refractivity (Wildman–Crippen MR) is 119 cm³/mol. The summed E-state index contributed by atoms with van der Waals surface area (Å²) in [4.78, 5) is 9.78. The van der Waals surface area contributed by atoms with Crippen LogP contribution in [0.15, 0.2) is 103 Å². The normalized spacial score (nSPS) is 11.4. The smallest absolute Gasteiger partial charge is 0.137 e. The highest BCUT2D eigenvalue weighted by Gasteiger charge is 2.20. The molecule has 0 radical (unpaired) electrons. The molecule has 0 aliphatic carbocycles. The van der Waals surface area contributed by atoms with Crippen molar-refractivity contribution in [2.75, 3.05) is 0 Å². The first-order chi connectivity index (χ1) is 14.4. The number of aromatic nitrogens is 3. The van der Waals surface area contributed by atoms with Crippen LogP contribution < -0.4 is 0 Å². The Morgan fingerprint density at radius 2 is 1.34 bits per heavy atom. The first kappa shape index (κ1) is 16.0. The van der Waals surface area contributed by atoms with E-state index in [1.807, 2.05) is 30.5 Å². The number of fused-ring (bicyclic) bond motifs is 5. The first-order valence-electron chi connectivity index (χ1n) is 9.70. The number of pyridine rings is 2. The van der Waals surface area contributed by atoms with E-state index in [1.165, 1.54) is 10.8 Å². The Bertz CT molecular complexity index is 1480. The van der Waals surface area contributed by atoms with Crippen molar-refractivity contribution in [2.45, 2.75) is 0 Å². The molecule has 6 aromatic rings. The second kappa shape index (κ2) is 6.28. The van der Waals surface area contributed by atoms with Crippen LogP contribution >= 0.6 is 0 Å². The topological polar surface area (TPSA) is 30.7 Å². The highest BCUT2D eigenvalue weighted by atomic mass is 15.1. The van der Waals surface area contributed by atoms with Crippen molar-refractivity contribution in [3.8, 4) is 17.1 Å². The van der Waals surface area contributed by atoms with Crippen LogP contribution in [0.4, 0.5) is 0 Å². The molecule has 136 valence electrons. The van der Waals surface area contributed by atoms with Gasteiger partial charge in [0.05, 0.1) is 22.2 Å². The quantitative estimate of drug-likeness (QED) is 0.353. The molecule has 0 N–H and O–H groups in total. The van der Waals surface area contributed by atoms with Crippen molar-refractivity contribution in [2.24, 2.45) is 0 Å². The second-order valence-corrected chi connectivity index (χ2v) is 7.11. The van der Waals surface area contributed by atoms with Gasteiger partial charge in [-0.3, -0.25) is 4.57 Å². The molecular formula is C26H17N3. The predicted octanol–water partition coefficient (Wildman–Crippen LogP) is 6.39. The maximum atomic E-state index is 5.11. The molecule has 6 rings (SSSR count). The van der Waals surface area contributed by atoms with Crippen LogP contribution in [0.5, 0.6) is 0 Å². The molecule has 0 atom stereocenters. The van der Waals surface area contributed by atoms with Gasteiger partial charge in [0.25, 0.3) is 0 Å². The minimum absolute atomic E-state index is 0.896. The minimum atomic E-state index is 0.896. The Morgan fingerprint density at radius 3 is 2.17 bits per heavy atom. The molecule has 29 heavy (non-hydrogen) atoms. The third-order valence-electron chi connectivity index (χ3n) is 5.43. The average molecular weight is 371 g/mol. The zero-order valence-electron chi connectivity index (χ0n) is 15.7. The molecule has 0 aliphatic rings. The Labute approximate surface area is 167 Å². The van der Waals surface area contributed by atoms with Crippen LogP contribution in [0.1, 0.15) is 0 Å². The number of benzene rings is 3. The number of para-hydroxylation sites is 2. The Balaban J connectivity index is 1.92. The van der Waals surface area contributed by atoms with Crippen molar-refractivity contribution >= 4 is 32.7 Å². The summed E-state index contributed by atoms with van der Waals surface area (Å²) >= 11 is 0. The lowest BCUT2D eigenvalue weighted by molar-refractivity contribution is 1.08. The zero-order valence-corrected chi connectivity index (χ0v) is 15.7. The highest BCUT2D eigenvalue weighted by molar-refractivity contribution is 6.23. The summed E-state index contributed by atoms with van der Waals surface area (Å²) in [5.41, 5.74) is 5.30. The fourth-order valence-electron chi connectivity index (χ4n) is 4.21. The molecule has 0 aliphatic heterocycles. The molecule has 0 unspecified atom stereocenters. The zero-order chi connectivity index (χ0) is 19.2.